The number of piperidine rings is 1. The van der Waals surface area contributed by atoms with Crippen molar-refractivity contribution in [1.29, 1.82) is 0 Å². The number of rotatable bonds is 6. The number of aliphatic hydroxyl groups is 1. The van der Waals surface area contributed by atoms with Crippen LogP contribution in [0.3, 0.4) is 0 Å². The van der Waals surface area contributed by atoms with Gasteiger partial charge in [-0.05, 0) is 50.6 Å². The van der Waals surface area contributed by atoms with E-state index < -0.39 is 0 Å². The van der Waals surface area contributed by atoms with Gasteiger partial charge < -0.3 is 20.5 Å². The Balaban J connectivity index is 1.89. The van der Waals surface area contributed by atoms with Gasteiger partial charge in [0.05, 0.1) is 12.0 Å². The van der Waals surface area contributed by atoms with Crippen LogP contribution >= 0.6 is 0 Å². The summed E-state index contributed by atoms with van der Waals surface area (Å²) >= 11 is 0. The maximum atomic E-state index is 12.7. The molecule has 1 heterocycles. The zero-order valence-corrected chi connectivity index (χ0v) is 13.2. The van der Waals surface area contributed by atoms with E-state index in [1.54, 1.807) is 7.11 Å². The molecule has 0 spiro atoms. The summed E-state index contributed by atoms with van der Waals surface area (Å²) in [6.07, 6.45) is 6.29. The molecule has 0 aromatic carbocycles. The van der Waals surface area contributed by atoms with E-state index in [1.807, 2.05) is 0 Å². The third kappa shape index (κ3) is 4.18. The second-order valence-electron chi connectivity index (χ2n) is 6.66. The fourth-order valence-electron chi connectivity index (χ4n) is 3.82. The first-order valence-corrected chi connectivity index (χ1v) is 8.30. The van der Waals surface area contributed by atoms with Gasteiger partial charge in [0, 0.05) is 20.3 Å². The lowest BCUT2D eigenvalue weighted by Crippen LogP contribution is -2.51. The minimum atomic E-state index is -0.372. The van der Waals surface area contributed by atoms with Crippen LogP contribution in [0.4, 0.5) is 0 Å². The zero-order chi connectivity index (χ0) is 15.1. The Kier molecular flexibility index (Phi) is 6.45. The van der Waals surface area contributed by atoms with Crippen LogP contribution in [0.2, 0.25) is 0 Å². The molecule has 0 aromatic heterocycles. The summed E-state index contributed by atoms with van der Waals surface area (Å²) in [4.78, 5) is 12.7. The van der Waals surface area contributed by atoms with Gasteiger partial charge in [0.2, 0.25) is 5.91 Å². The Bertz CT molecular complexity index is 324. The fourth-order valence-corrected chi connectivity index (χ4v) is 3.82. The Hall–Kier alpha value is -0.650. The lowest BCUT2D eigenvalue weighted by Gasteiger charge is -2.37. The van der Waals surface area contributed by atoms with E-state index in [0.29, 0.717) is 25.0 Å². The third-order valence-corrected chi connectivity index (χ3v) is 5.29. The standard InChI is InChI=1S/C16H30N2O3/c1-21-12-16(6-8-17-9-7-16)15(20)18-10-13-4-2-3-5-14(13)11-19/h13-14,17,19H,2-12H2,1H3,(H,18,20). The average Bonchev–Trinajstić information content (AvgIpc) is 2.54. The van der Waals surface area contributed by atoms with Crippen LogP contribution in [0.1, 0.15) is 38.5 Å². The molecular weight excluding hydrogens is 268 g/mol. The molecule has 1 aliphatic carbocycles. The third-order valence-electron chi connectivity index (χ3n) is 5.29. The molecule has 1 saturated heterocycles. The number of ether oxygens (including phenoxy) is 1. The number of aliphatic hydroxyl groups excluding tert-OH is 1. The van der Waals surface area contributed by atoms with Crippen LogP contribution in [-0.2, 0) is 9.53 Å². The fraction of sp³-hybridized carbons (Fsp3) is 0.938. The van der Waals surface area contributed by atoms with E-state index in [1.165, 1.54) is 12.8 Å². The summed E-state index contributed by atoms with van der Waals surface area (Å²) in [5.74, 6) is 0.910. The second kappa shape index (κ2) is 8.11. The molecule has 0 aromatic rings. The predicted octanol–water partition coefficient (Wildman–Crippen LogP) is 0.918. The second-order valence-corrected chi connectivity index (χ2v) is 6.66. The van der Waals surface area contributed by atoms with Gasteiger partial charge in [-0.2, -0.15) is 0 Å². The number of amides is 1. The van der Waals surface area contributed by atoms with E-state index in [4.69, 9.17) is 4.74 Å². The molecule has 0 radical (unpaired) electrons. The molecule has 5 heteroatoms. The van der Waals surface area contributed by atoms with Crippen LogP contribution in [-0.4, -0.2) is 51.0 Å². The van der Waals surface area contributed by atoms with E-state index in [0.717, 1.165) is 38.8 Å². The van der Waals surface area contributed by atoms with E-state index in [-0.39, 0.29) is 17.9 Å². The molecule has 2 fully saturated rings. The average molecular weight is 298 g/mol. The van der Waals surface area contributed by atoms with Crippen molar-refractivity contribution in [2.45, 2.75) is 38.5 Å². The van der Waals surface area contributed by atoms with Gasteiger partial charge >= 0.3 is 0 Å². The van der Waals surface area contributed by atoms with E-state index in [2.05, 4.69) is 10.6 Å². The number of hydrogen-bond acceptors (Lipinski definition) is 4. The van der Waals surface area contributed by atoms with E-state index in [9.17, 15) is 9.90 Å². The van der Waals surface area contributed by atoms with Crippen molar-refractivity contribution >= 4 is 5.91 Å². The molecule has 2 atom stereocenters. The minimum Gasteiger partial charge on any atom is -0.396 e. The summed E-state index contributed by atoms with van der Waals surface area (Å²) in [6, 6.07) is 0. The predicted molar refractivity (Wildman–Crippen MR) is 82.0 cm³/mol. The Morgan fingerprint density at radius 2 is 1.95 bits per heavy atom. The van der Waals surface area contributed by atoms with Crippen molar-refractivity contribution in [1.82, 2.24) is 10.6 Å². The van der Waals surface area contributed by atoms with Gasteiger partial charge in [0.25, 0.3) is 0 Å². The molecule has 3 N–H and O–H groups in total. The summed E-state index contributed by atoms with van der Waals surface area (Å²) in [7, 11) is 1.67. The number of hydrogen-bond donors (Lipinski definition) is 3. The minimum absolute atomic E-state index is 0.133. The van der Waals surface area contributed by atoms with Crippen molar-refractivity contribution in [3.05, 3.63) is 0 Å². The number of methoxy groups -OCH3 is 1. The number of nitrogens with one attached hydrogen (secondary N) is 2. The summed E-state index contributed by atoms with van der Waals surface area (Å²) < 4.78 is 5.31. The van der Waals surface area contributed by atoms with Crippen molar-refractivity contribution in [3.8, 4) is 0 Å². The molecule has 122 valence electrons. The maximum absolute atomic E-state index is 12.7. The smallest absolute Gasteiger partial charge is 0.228 e. The van der Waals surface area contributed by atoms with Crippen LogP contribution in [0.15, 0.2) is 0 Å². The molecule has 0 bridgehead atoms. The molecule has 21 heavy (non-hydrogen) atoms. The van der Waals surface area contributed by atoms with Gasteiger partial charge in [-0.3, -0.25) is 4.79 Å². The first-order chi connectivity index (χ1) is 10.2. The van der Waals surface area contributed by atoms with Crippen molar-refractivity contribution in [3.63, 3.8) is 0 Å². The molecule has 1 amide bonds. The van der Waals surface area contributed by atoms with Crippen molar-refractivity contribution in [2.24, 2.45) is 17.3 Å². The summed E-state index contributed by atoms with van der Waals surface area (Å²) in [5, 5.41) is 15.9. The molecule has 2 rings (SSSR count). The zero-order valence-electron chi connectivity index (χ0n) is 13.2. The van der Waals surface area contributed by atoms with Gasteiger partial charge in [-0.25, -0.2) is 0 Å². The Labute approximate surface area is 127 Å². The molecular formula is C16H30N2O3. The van der Waals surface area contributed by atoms with Crippen molar-refractivity contribution < 1.29 is 14.6 Å². The van der Waals surface area contributed by atoms with Gasteiger partial charge in [-0.1, -0.05) is 12.8 Å². The Morgan fingerprint density at radius 1 is 1.29 bits per heavy atom. The lowest BCUT2D eigenvalue weighted by atomic mass is 9.77. The molecule has 1 aliphatic heterocycles. The van der Waals surface area contributed by atoms with Gasteiger partial charge in [-0.15, -0.1) is 0 Å². The van der Waals surface area contributed by atoms with Gasteiger partial charge in [0.1, 0.15) is 0 Å². The first-order valence-electron chi connectivity index (χ1n) is 8.30. The molecule has 5 nitrogen and oxygen atoms in total. The highest BCUT2D eigenvalue weighted by atomic mass is 16.5. The molecule has 2 aliphatic rings. The maximum Gasteiger partial charge on any atom is 0.228 e. The SMILES string of the molecule is COCC1(C(=O)NCC2CCCCC2CO)CCNCC1. The topological polar surface area (TPSA) is 70.6 Å². The monoisotopic (exact) mass is 298 g/mol. The highest BCUT2D eigenvalue weighted by Gasteiger charge is 2.40. The highest BCUT2D eigenvalue weighted by molar-refractivity contribution is 5.83. The normalized spacial score (nSPS) is 29.0. The summed E-state index contributed by atoms with van der Waals surface area (Å²) in [6.45, 7) is 3.18. The highest BCUT2D eigenvalue weighted by Crippen LogP contribution is 2.31. The summed E-state index contributed by atoms with van der Waals surface area (Å²) in [5.41, 5.74) is -0.372. The van der Waals surface area contributed by atoms with Crippen LogP contribution in [0.5, 0.6) is 0 Å². The van der Waals surface area contributed by atoms with E-state index >= 15 is 0 Å². The van der Waals surface area contributed by atoms with Crippen molar-refractivity contribution in [2.75, 3.05) is 40.0 Å². The van der Waals surface area contributed by atoms with Crippen LogP contribution < -0.4 is 10.6 Å². The molecule has 1 saturated carbocycles. The quantitative estimate of drug-likeness (QED) is 0.682. The van der Waals surface area contributed by atoms with Crippen LogP contribution in [0.25, 0.3) is 0 Å². The van der Waals surface area contributed by atoms with Crippen LogP contribution in [0, 0.1) is 17.3 Å². The molecule has 2 unspecified atom stereocenters. The largest absolute Gasteiger partial charge is 0.396 e. The van der Waals surface area contributed by atoms with Gasteiger partial charge in [0.15, 0.2) is 0 Å². The first kappa shape index (κ1) is 16.7. The number of carbonyl (C=O) groups excluding carboxylic acids is 1. The number of carbonyl (C=O) groups is 1. The lowest BCUT2D eigenvalue weighted by molar-refractivity contribution is -0.136. The Morgan fingerprint density at radius 3 is 2.57 bits per heavy atom.